The number of pyridine rings is 1. The van der Waals surface area contributed by atoms with E-state index in [-0.39, 0.29) is 28.7 Å². The van der Waals surface area contributed by atoms with Gasteiger partial charge in [0.15, 0.2) is 5.82 Å². The first-order chi connectivity index (χ1) is 11.9. The van der Waals surface area contributed by atoms with Crippen molar-refractivity contribution in [2.24, 2.45) is 0 Å². The lowest BCUT2D eigenvalue weighted by molar-refractivity contribution is 0.0695. The van der Waals surface area contributed by atoms with Gasteiger partial charge in [-0.15, -0.1) is 0 Å². The van der Waals surface area contributed by atoms with Crippen molar-refractivity contribution in [3.8, 4) is 0 Å². The van der Waals surface area contributed by atoms with Crippen LogP contribution in [0, 0.1) is 11.6 Å². The van der Waals surface area contributed by atoms with Gasteiger partial charge in [-0.2, -0.15) is 0 Å². The van der Waals surface area contributed by atoms with Gasteiger partial charge in [-0.05, 0) is 26.0 Å². The number of fused-ring (bicyclic) bond motifs is 1. The molecular weight excluding hydrogens is 332 g/mol. The van der Waals surface area contributed by atoms with E-state index >= 15 is 4.39 Å². The Bertz CT molecular complexity index is 947. The van der Waals surface area contributed by atoms with E-state index < -0.39 is 28.6 Å². The highest BCUT2D eigenvalue weighted by molar-refractivity contribution is 5.94. The molecule has 0 atom stereocenters. The van der Waals surface area contributed by atoms with Crippen molar-refractivity contribution >= 4 is 22.6 Å². The molecule has 1 aliphatic carbocycles. The summed E-state index contributed by atoms with van der Waals surface area (Å²) in [7, 11) is 1.79. The normalized spacial score (nSPS) is 17.8. The number of carboxylic acid groups (broad SMARTS) is 1. The first-order valence-corrected chi connectivity index (χ1v) is 8.14. The maximum Gasteiger partial charge on any atom is 0.341 e. The van der Waals surface area contributed by atoms with Crippen LogP contribution in [0.2, 0.25) is 0 Å². The number of carbonyl (C=O) groups is 1. The molecule has 1 aromatic carbocycles. The highest BCUT2D eigenvalue weighted by atomic mass is 19.1. The van der Waals surface area contributed by atoms with Crippen molar-refractivity contribution < 1.29 is 18.7 Å². The summed E-state index contributed by atoms with van der Waals surface area (Å²) in [5, 5.41) is 12.0. The molecule has 6 nitrogen and oxygen atoms in total. The third-order valence-electron chi connectivity index (χ3n) is 4.96. The van der Waals surface area contributed by atoms with Crippen molar-refractivity contribution in [1.82, 2.24) is 9.88 Å². The Balaban J connectivity index is 1.97. The predicted octanol–water partition coefficient (Wildman–Crippen LogP) is 1.72. The van der Waals surface area contributed by atoms with Crippen LogP contribution in [0.15, 0.2) is 17.1 Å². The number of hydrogen-bond donors (Lipinski definition) is 2. The number of nitrogens with one attached hydrogen (secondary N) is 1. The smallest absolute Gasteiger partial charge is 0.341 e. The Kier molecular flexibility index (Phi) is 3.54. The molecule has 1 saturated carbocycles. The van der Waals surface area contributed by atoms with Crippen LogP contribution in [0.5, 0.6) is 0 Å². The fraction of sp³-hybridized carbons (Fsp3) is 0.412. The Labute approximate surface area is 141 Å². The van der Waals surface area contributed by atoms with Crippen LogP contribution in [-0.4, -0.2) is 41.8 Å². The molecule has 4 rings (SSSR count). The second-order valence-corrected chi connectivity index (χ2v) is 6.62. The first-order valence-electron chi connectivity index (χ1n) is 8.14. The van der Waals surface area contributed by atoms with Crippen molar-refractivity contribution in [1.29, 1.82) is 0 Å². The third-order valence-corrected chi connectivity index (χ3v) is 4.96. The third kappa shape index (κ3) is 2.39. The lowest BCUT2D eigenvalue weighted by Crippen LogP contribution is -2.57. The number of hydrogen-bond acceptors (Lipinski definition) is 4. The van der Waals surface area contributed by atoms with Gasteiger partial charge in [0.05, 0.1) is 10.9 Å². The van der Waals surface area contributed by atoms with E-state index in [1.54, 1.807) is 11.9 Å². The molecule has 2 aliphatic rings. The van der Waals surface area contributed by atoms with E-state index in [1.165, 1.54) is 10.8 Å². The van der Waals surface area contributed by atoms with Gasteiger partial charge in [0.25, 0.3) is 0 Å². The van der Waals surface area contributed by atoms with Gasteiger partial charge >= 0.3 is 5.97 Å². The fourth-order valence-corrected chi connectivity index (χ4v) is 3.36. The van der Waals surface area contributed by atoms with Crippen LogP contribution < -0.4 is 15.6 Å². The molecule has 0 amide bonds. The molecule has 1 aromatic heterocycles. The minimum absolute atomic E-state index is 0.0122. The SMILES string of the molecule is CNC1CN(c2c(F)cc3c(=O)c(C(=O)O)cn(C4CC4)c3c2F)C1. The topological polar surface area (TPSA) is 74.6 Å². The second-order valence-electron chi connectivity index (χ2n) is 6.62. The number of aromatic carboxylic acids is 1. The number of likely N-dealkylation sites (N-methyl/N-ethyl adjacent to an activating group) is 1. The van der Waals surface area contributed by atoms with Crippen LogP contribution in [-0.2, 0) is 0 Å². The van der Waals surface area contributed by atoms with Crippen molar-refractivity contribution in [2.45, 2.75) is 24.9 Å². The van der Waals surface area contributed by atoms with E-state index in [0.717, 1.165) is 18.9 Å². The van der Waals surface area contributed by atoms with Crippen LogP contribution >= 0.6 is 0 Å². The summed E-state index contributed by atoms with van der Waals surface area (Å²) in [6.45, 7) is 0.938. The maximum absolute atomic E-state index is 15.2. The van der Waals surface area contributed by atoms with Gasteiger partial charge in [0, 0.05) is 31.4 Å². The molecule has 1 aliphatic heterocycles. The Hall–Kier alpha value is -2.48. The Morgan fingerprint density at radius 2 is 2.00 bits per heavy atom. The molecule has 25 heavy (non-hydrogen) atoms. The number of aromatic nitrogens is 1. The van der Waals surface area contributed by atoms with E-state index in [1.807, 2.05) is 0 Å². The summed E-state index contributed by atoms with van der Waals surface area (Å²) >= 11 is 0. The van der Waals surface area contributed by atoms with Gasteiger partial charge < -0.3 is 19.9 Å². The molecule has 0 radical (unpaired) electrons. The van der Waals surface area contributed by atoms with Crippen molar-refractivity contribution in [2.75, 3.05) is 25.0 Å². The summed E-state index contributed by atoms with van der Waals surface area (Å²) in [5.41, 5.74) is -1.50. The Morgan fingerprint density at radius 3 is 2.56 bits per heavy atom. The molecule has 2 aromatic rings. The quantitative estimate of drug-likeness (QED) is 0.879. The number of carboxylic acids is 1. The molecule has 2 N–H and O–H groups in total. The lowest BCUT2D eigenvalue weighted by atomic mass is 10.0. The summed E-state index contributed by atoms with van der Waals surface area (Å²) in [5.74, 6) is -3.04. The average Bonchev–Trinajstić information content (AvgIpc) is 3.34. The average molecular weight is 349 g/mol. The predicted molar refractivity (Wildman–Crippen MR) is 88.4 cm³/mol. The molecule has 132 valence electrons. The number of anilines is 1. The van der Waals surface area contributed by atoms with Crippen molar-refractivity contribution in [3.63, 3.8) is 0 Å². The molecule has 0 bridgehead atoms. The van der Waals surface area contributed by atoms with E-state index in [2.05, 4.69) is 5.32 Å². The Morgan fingerprint density at radius 1 is 1.32 bits per heavy atom. The summed E-state index contributed by atoms with van der Waals surface area (Å²) < 4.78 is 31.2. The molecule has 2 heterocycles. The van der Waals surface area contributed by atoms with Gasteiger partial charge in [-0.1, -0.05) is 0 Å². The number of benzene rings is 1. The number of nitrogens with zero attached hydrogens (tertiary/aromatic N) is 2. The molecular formula is C17H17F2N3O3. The highest BCUT2D eigenvalue weighted by Gasteiger charge is 2.34. The number of rotatable bonds is 4. The minimum atomic E-state index is -1.40. The van der Waals surface area contributed by atoms with E-state index in [0.29, 0.717) is 13.1 Å². The highest BCUT2D eigenvalue weighted by Crippen LogP contribution is 2.40. The van der Waals surface area contributed by atoms with Gasteiger partial charge in [0.1, 0.15) is 17.1 Å². The summed E-state index contributed by atoms with van der Waals surface area (Å²) in [4.78, 5) is 25.3. The van der Waals surface area contributed by atoms with E-state index in [4.69, 9.17) is 0 Å². The minimum Gasteiger partial charge on any atom is -0.477 e. The van der Waals surface area contributed by atoms with Crippen molar-refractivity contribution in [3.05, 3.63) is 39.7 Å². The zero-order valence-corrected chi connectivity index (χ0v) is 13.6. The van der Waals surface area contributed by atoms with Crippen LogP contribution in [0.1, 0.15) is 29.2 Å². The molecule has 2 fully saturated rings. The lowest BCUT2D eigenvalue weighted by Gasteiger charge is -2.41. The number of halogens is 2. The van der Waals surface area contributed by atoms with Crippen LogP contribution in [0.3, 0.4) is 0 Å². The molecule has 1 saturated heterocycles. The van der Waals surface area contributed by atoms with Gasteiger partial charge in [-0.3, -0.25) is 4.79 Å². The first kappa shape index (κ1) is 16.0. The summed E-state index contributed by atoms with van der Waals surface area (Å²) in [6, 6.07) is 1.07. The second kappa shape index (κ2) is 5.52. The largest absolute Gasteiger partial charge is 0.477 e. The van der Waals surface area contributed by atoms with Crippen LogP contribution in [0.25, 0.3) is 10.9 Å². The zero-order chi connectivity index (χ0) is 17.9. The maximum atomic E-state index is 15.2. The molecule has 8 heteroatoms. The molecule has 0 unspecified atom stereocenters. The monoisotopic (exact) mass is 349 g/mol. The van der Waals surface area contributed by atoms with E-state index in [9.17, 15) is 19.1 Å². The van der Waals surface area contributed by atoms with Gasteiger partial charge in [-0.25, -0.2) is 13.6 Å². The standard InChI is InChI=1S/C17H17F2N3O3/c1-20-8-5-21(6-8)15-12(18)4-10-14(13(15)19)22(9-2-3-9)7-11(16(10)23)17(24)25/h4,7-9,20H,2-3,5-6H2,1H3,(H,24,25). The summed E-state index contributed by atoms with van der Waals surface area (Å²) in [6.07, 6.45) is 2.73. The zero-order valence-electron chi connectivity index (χ0n) is 13.6. The fourth-order valence-electron chi connectivity index (χ4n) is 3.36. The molecule has 0 spiro atoms. The van der Waals surface area contributed by atoms with Crippen LogP contribution in [0.4, 0.5) is 14.5 Å². The van der Waals surface area contributed by atoms with Gasteiger partial charge in [0.2, 0.25) is 5.43 Å².